The lowest BCUT2D eigenvalue weighted by atomic mass is 9.88. The summed E-state index contributed by atoms with van der Waals surface area (Å²) in [6.07, 6.45) is 5.41. The highest BCUT2D eigenvalue weighted by Crippen LogP contribution is 2.44. The minimum Gasteiger partial charge on any atom is -0.408 e. The highest BCUT2D eigenvalue weighted by atomic mass is 28.4. The van der Waals surface area contributed by atoms with Crippen molar-refractivity contribution in [3.63, 3.8) is 0 Å². The van der Waals surface area contributed by atoms with E-state index in [1.54, 1.807) is 0 Å². The molecule has 7 heteroatoms. The zero-order valence-electron chi connectivity index (χ0n) is 26.4. The fourth-order valence-electron chi connectivity index (χ4n) is 6.97. The third kappa shape index (κ3) is 5.44. The highest BCUT2D eigenvalue weighted by molar-refractivity contribution is 7.75. The Balaban J connectivity index is 1.45. The first-order valence-electron chi connectivity index (χ1n) is 15.8. The molecule has 4 aromatic carbocycles. The molecule has 1 aliphatic heterocycles. The van der Waals surface area contributed by atoms with Gasteiger partial charge >= 0.3 is 0 Å². The fourth-order valence-corrected chi connectivity index (χ4v) is 17.4. The van der Waals surface area contributed by atoms with Gasteiger partial charge in [-0.25, -0.2) is 0 Å². The average Bonchev–Trinajstić information content (AvgIpc) is 3.40. The molecule has 0 spiro atoms. The Morgan fingerprint density at radius 1 is 0.841 bits per heavy atom. The number of fused-ring (bicyclic) bond motifs is 1. The normalized spacial score (nSPS) is 16.9. The second kappa shape index (κ2) is 11.9. The molecule has 2 aliphatic rings. The molecule has 0 saturated carbocycles. The first-order valence-corrected chi connectivity index (χ1v) is 22.0. The molecule has 222 valence electrons. The maximum absolute atomic E-state index is 14.2. The van der Waals surface area contributed by atoms with Crippen molar-refractivity contribution in [1.82, 2.24) is 10.5 Å². The number of nitrogens with one attached hydrogen (secondary N) is 2. The van der Waals surface area contributed by atoms with Crippen LogP contribution in [0.1, 0.15) is 43.4 Å². The molecule has 2 amide bonds. The topological polar surface area (TPSA) is 58.2 Å². The van der Waals surface area contributed by atoms with Crippen LogP contribution >= 0.6 is 0 Å². The number of hydrogen-bond acceptors (Lipinski definition) is 2. The summed E-state index contributed by atoms with van der Waals surface area (Å²) in [5.41, 5.74) is 10.9. The van der Waals surface area contributed by atoms with Gasteiger partial charge in [0.2, 0.25) is 0 Å². The van der Waals surface area contributed by atoms with E-state index in [9.17, 15) is 9.59 Å². The summed E-state index contributed by atoms with van der Waals surface area (Å²) in [7, 11) is -4.65. The van der Waals surface area contributed by atoms with E-state index in [4.69, 9.17) is 0 Å². The van der Waals surface area contributed by atoms with E-state index in [1.165, 1.54) is 39.0 Å². The monoisotopic (exact) mass is 612 g/mol. The van der Waals surface area contributed by atoms with Gasteiger partial charge < -0.3 is 10.5 Å². The Kier molecular flexibility index (Phi) is 8.12. The average molecular weight is 613 g/mol. The molecule has 6 rings (SSSR count). The number of carbonyl (C=O) groups excluding carboxylic acids is 2. The molecule has 1 atom stereocenters. The molecule has 0 aromatic heterocycles. The quantitative estimate of drug-likeness (QED) is 0.185. The van der Waals surface area contributed by atoms with Gasteiger partial charge in [-0.2, -0.15) is 0 Å². The predicted octanol–water partition coefficient (Wildman–Crippen LogP) is 9.48. The van der Waals surface area contributed by atoms with Crippen LogP contribution in [0.5, 0.6) is 0 Å². The SMILES string of the molecule is CCCCC1=Cc2cccc(-c3cc(-c4ccccc4)cc(-c4ccccc4)c3)c2C1NC(=O)[Si](C)(C)B1NC(=O)[Si]1(C)C. The van der Waals surface area contributed by atoms with Crippen LogP contribution < -0.4 is 10.5 Å². The molecule has 1 unspecified atom stereocenters. The van der Waals surface area contributed by atoms with Crippen LogP contribution in [0.4, 0.5) is 9.59 Å². The predicted molar refractivity (Wildman–Crippen MR) is 191 cm³/mol. The van der Waals surface area contributed by atoms with Gasteiger partial charge in [0.05, 0.1) is 6.04 Å². The lowest BCUT2D eigenvalue weighted by Crippen LogP contribution is -2.87. The Hall–Kier alpha value is -3.94. The van der Waals surface area contributed by atoms with Gasteiger partial charge in [-0.3, -0.25) is 9.59 Å². The van der Waals surface area contributed by atoms with Crippen LogP contribution in [-0.4, -0.2) is 33.0 Å². The van der Waals surface area contributed by atoms with Crippen molar-refractivity contribution in [3.05, 3.63) is 114 Å². The van der Waals surface area contributed by atoms with Crippen molar-refractivity contribution >= 4 is 39.1 Å². The molecular weight excluding hydrogens is 571 g/mol. The first-order chi connectivity index (χ1) is 21.1. The summed E-state index contributed by atoms with van der Waals surface area (Å²) in [5.74, 6) is 0. The van der Waals surface area contributed by atoms with E-state index in [0.717, 1.165) is 30.4 Å². The van der Waals surface area contributed by atoms with Gasteiger partial charge in [0.15, 0.2) is 11.1 Å². The van der Waals surface area contributed by atoms with E-state index in [1.807, 2.05) is 0 Å². The van der Waals surface area contributed by atoms with E-state index in [0.29, 0.717) is 0 Å². The zero-order chi connectivity index (χ0) is 31.1. The molecular formula is C37H41BN2O2Si2. The summed E-state index contributed by atoms with van der Waals surface area (Å²) in [5, 5.41) is 6.70. The fraction of sp³-hybridized carbons (Fsp3) is 0.243. The number of carbonyl (C=O) groups is 2. The summed E-state index contributed by atoms with van der Waals surface area (Å²) in [6.45, 7) is 10.6. The van der Waals surface area contributed by atoms with Gasteiger partial charge in [0.25, 0.3) is 6.03 Å². The number of hydrogen-bond donors (Lipinski definition) is 2. The molecule has 1 aliphatic carbocycles. The van der Waals surface area contributed by atoms with Crippen molar-refractivity contribution in [2.24, 2.45) is 0 Å². The Labute approximate surface area is 264 Å². The molecule has 1 fully saturated rings. The number of amides is 2. The number of unbranched alkanes of at least 4 members (excludes halogenated alkanes) is 1. The van der Waals surface area contributed by atoms with Crippen molar-refractivity contribution in [3.8, 4) is 33.4 Å². The summed E-state index contributed by atoms with van der Waals surface area (Å²) < 4.78 is 0. The minimum atomic E-state index is -2.50. The van der Waals surface area contributed by atoms with Crippen LogP contribution in [0.15, 0.2) is 103 Å². The van der Waals surface area contributed by atoms with E-state index >= 15 is 0 Å². The molecule has 44 heavy (non-hydrogen) atoms. The smallest absolute Gasteiger partial charge is 0.254 e. The van der Waals surface area contributed by atoms with Crippen molar-refractivity contribution in [1.29, 1.82) is 0 Å². The van der Waals surface area contributed by atoms with Crippen LogP contribution in [0.2, 0.25) is 26.2 Å². The molecule has 1 saturated heterocycles. The van der Waals surface area contributed by atoms with Crippen molar-refractivity contribution in [2.75, 3.05) is 0 Å². The van der Waals surface area contributed by atoms with E-state index in [2.05, 4.69) is 147 Å². The molecule has 1 heterocycles. The largest absolute Gasteiger partial charge is 0.408 e. The Bertz CT molecular complexity index is 1690. The van der Waals surface area contributed by atoms with Gasteiger partial charge in [0.1, 0.15) is 15.9 Å². The van der Waals surface area contributed by atoms with E-state index < -0.39 is 15.9 Å². The van der Waals surface area contributed by atoms with Crippen LogP contribution in [0, 0.1) is 0 Å². The Morgan fingerprint density at radius 3 is 1.98 bits per heavy atom. The number of benzene rings is 4. The molecule has 0 radical (unpaired) electrons. The molecule has 4 aromatic rings. The Morgan fingerprint density at radius 2 is 1.43 bits per heavy atom. The highest BCUT2D eigenvalue weighted by Gasteiger charge is 2.63. The zero-order valence-corrected chi connectivity index (χ0v) is 28.4. The van der Waals surface area contributed by atoms with Gasteiger partial charge in [0, 0.05) is 0 Å². The van der Waals surface area contributed by atoms with Crippen molar-refractivity contribution in [2.45, 2.75) is 58.4 Å². The lowest BCUT2D eigenvalue weighted by Gasteiger charge is -2.46. The molecule has 0 bridgehead atoms. The number of rotatable bonds is 9. The van der Waals surface area contributed by atoms with Crippen LogP contribution in [-0.2, 0) is 0 Å². The maximum atomic E-state index is 14.2. The summed E-state index contributed by atoms with van der Waals surface area (Å²) in [6, 6.07) is 34.3. The summed E-state index contributed by atoms with van der Waals surface area (Å²) >= 11 is 0. The van der Waals surface area contributed by atoms with Gasteiger partial charge in [-0.15, -0.1) is 0 Å². The minimum absolute atomic E-state index is 0.0395. The third-order valence-electron chi connectivity index (χ3n) is 9.58. The molecule has 2 N–H and O–H groups in total. The first kappa shape index (κ1) is 30.1. The van der Waals surface area contributed by atoms with Gasteiger partial charge in [-0.05, 0) is 81.1 Å². The van der Waals surface area contributed by atoms with Crippen LogP contribution in [0.25, 0.3) is 39.5 Å². The van der Waals surface area contributed by atoms with Crippen LogP contribution in [0.3, 0.4) is 0 Å². The second-order valence-corrected chi connectivity index (χ2v) is 22.9. The standard InChI is InChI=1S/C37H41BN2O2Si2/c1-6-7-15-29-22-28-20-14-21-33(34(28)35(29)39-36(41)43(2,3)38-40-37(42)44(38,4)5)32-24-30(26-16-10-8-11-17-26)23-31(25-32)27-18-12-9-13-19-27/h8-14,16-25,35H,6-7,15H2,1-5H3,(H,39,41)(H,40,42). The summed E-state index contributed by atoms with van der Waals surface area (Å²) in [4.78, 5) is 26.6. The maximum Gasteiger partial charge on any atom is 0.254 e. The third-order valence-corrected chi connectivity index (χ3v) is 19.7. The van der Waals surface area contributed by atoms with E-state index in [-0.39, 0.29) is 23.1 Å². The second-order valence-electron chi connectivity index (χ2n) is 13.4. The molecule has 4 nitrogen and oxygen atoms in total. The van der Waals surface area contributed by atoms with Crippen molar-refractivity contribution < 1.29 is 9.59 Å². The lowest BCUT2D eigenvalue weighted by molar-refractivity contribution is 0.256. The van der Waals surface area contributed by atoms with Gasteiger partial charge in [-0.1, -0.05) is 124 Å².